The third-order valence-corrected chi connectivity index (χ3v) is 5.09. The van der Waals surface area contributed by atoms with Crippen molar-refractivity contribution in [2.24, 2.45) is 5.92 Å². The number of nitrogens with zero attached hydrogens (tertiary/aromatic N) is 3. The van der Waals surface area contributed by atoms with Crippen LogP contribution >= 0.6 is 11.3 Å². The highest BCUT2D eigenvalue weighted by molar-refractivity contribution is 7.11. The maximum Gasteiger partial charge on any atom is 0.135 e. The van der Waals surface area contributed by atoms with E-state index in [2.05, 4.69) is 24.9 Å². The predicted octanol–water partition coefficient (Wildman–Crippen LogP) is 4.29. The second-order valence-corrected chi connectivity index (χ2v) is 7.42. The van der Waals surface area contributed by atoms with Crippen LogP contribution in [0.3, 0.4) is 0 Å². The van der Waals surface area contributed by atoms with Gasteiger partial charge < -0.3 is 10.0 Å². The number of benzene rings is 1. The average Bonchev–Trinajstić information content (AvgIpc) is 3.15. The lowest BCUT2D eigenvalue weighted by Crippen LogP contribution is -2.36. The molecule has 2 N–H and O–H groups in total. The summed E-state index contributed by atoms with van der Waals surface area (Å²) >= 11 is 1.42. The molecule has 0 fully saturated rings. The number of aliphatic hydroxyl groups excluding tert-OH is 1. The van der Waals surface area contributed by atoms with Gasteiger partial charge in [-0.05, 0) is 25.0 Å². The number of nitriles is 1. The summed E-state index contributed by atoms with van der Waals surface area (Å²) in [6.45, 7) is 6.83. The average molecular weight is 352 g/mol. The molecular formula is C19H20N4OS. The van der Waals surface area contributed by atoms with Crippen LogP contribution in [-0.2, 0) is 0 Å². The van der Waals surface area contributed by atoms with Gasteiger partial charge >= 0.3 is 0 Å². The number of amidine groups is 1. The maximum atomic E-state index is 10.5. The van der Waals surface area contributed by atoms with Crippen molar-refractivity contribution < 1.29 is 5.11 Å². The topological polar surface area (TPSA) is 84.0 Å². The third-order valence-electron chi connectivity index (χ3n) is 4.23. The van der Waals surface area contributed by atoms with Crippen LogP contribution in [0.4, 0.5) is 0 Å². The molecule has 0 aliphatic carbocycles. The van der Waals surface area contributed by atoms with Crippen LogP contribution in [0.1, 0.15) is 31.3 Å². The van der Waals surface area contributed by atoms with Gasteiger partial charge in [0.15, 0.2) is 0 Å². The smallest absolute Gasteiger partial charge is 0.135 e. The molecule has 1 aliphatic heterocycles. The predicted molar refractivity (Wildman–Crippen MR) is 101 cm³/mol. The fourth-order valence-corrected chi connectivity index (χ4v) is 3.79. The largest absolute Gasteiger partial charge is 0.509 e. The van der Waals surface area contributed by atoms with Crippen molar-refractivity contribution in [2.75, 3.05) is 6.54 Å². The first-order valence-corrected chi connectivity index (χ1v) is 9.05. The minimum atomic E-state index is -0.202. The number of hydrogen-bond acceptors (Lipinski definition) is 5. The molecule has 5 nitrogen and oxygen atoms in total. The molecule has 25 heavy (non-hydrogen) atoms. The van der Waals surface area contributed by atoms with Crippen molar-refractivity contribution in [3.63, 3.8) is 0 Å². The third kappa shape index (κ3) is 3.15. The van der Waals surface area contributed by atoms with Crippen LogP contribution < -0.4 is 0 Å². The number of rotatable bonds is 4. The molecule has 1 aliphatic rings. The molecule has 1 aromatic heterocycles. The normalized spacial score (nSPS) is 17.5. The Morgan fingerprint density at radius 2 is 2.04 bits per heavy atom. The van der Waals surface area contributed by atoms with Gasteiger partial charge in [-0.3, -0.25) is 5.41 Å². The molecule has 0 saturated heterocycles. The quantitative estimate of drug-likeness (QED) is 0.860. The summed E-state index contributed by atoms with van der Waals surface area (Å²) in [5, 5.41) is 30.5. The van der Waals surface area contributed by atoms with Gasteiger partial charge in [0, 0.05) is 17.5 Å². The fraction of sp³-hybridized carbons (Fsp3) is 0.316. The van der Waals surface area contributed by atoms with Gasteiger partial charge in [0.25, 0.3) is 0 Å². The molecule has 6 heteroatoms. The summed E-state index contributed by atoms with van der Waals surface area (Å²) < 4.78 is 0. The highest BCUT2D eigenvalue weighted by Crippen LogP contribution is 2.35. The Morgan fingerprint density at radius 3 is 2.64 bits per heavy atom. The first kappa shape index (κ1) is 17.2. The van der Waals surface area contributed by atoms with Crippen LogP contribution in [0, 0.1) is 22.7 Å². The van der Waals surface area contributed by atoms with E-state index in [9.17, 15) is 5.11 Å². The van der Waals surface area contributed by atoms with E-state index in [1.165, 1.54) is 11.3 Å². The molecule has 0 amide bonds. The van der Waals surface area contributed by atoms with E-state index < -0.39 is 0 Å². The monoisotopic (exact) mass is 352 g/mol. The van der Waals surface area contributed by atoms with Crippen molar-refractivity contribution in [3.05, 3.63) is 46.0 Å². The number of aromatic nitrogens is 1. The second kappa shape index (κ2) is 6.69. The SMILES string of the molecule is CC(C)CN1C(=N)C(c2nc(-c3ccc(C#N)cc3)cs2)=C(O)[C@@H]1C. The van der Waals surface area contributed by atoms with E-state index in [4.69, 9.17) is 10.7 Å². The van der Waals surface area contributed by atoms with Gasteiger partial charge in [-0.1, -0.05) is 26.0 Å². The van der Waals surface area contributed by atoms with E-state index >= 15 is 0 Å². The lowest BCUT2D eigenvalue weighted by Gasteiger charge is -2.25. The van der Waals surface area contributed by atoms with Gasteiger partial charge in [-0.25, -0.2) is 4.98 Å². The summed E-state index contributed by atoms with van der Waals surface area (Å²) in [5.74, 6) is 0.950. The van der Waals surface area contributed by atoms with E-state index in [-0.39, 0.29) is 11.8 Å². The molecule has 0 bridgehead atoms. The first-order valence-electron chi connectivity index (χ1n) is 8.17. The van der Waals surface area contributed by atoms with Crippen molar-refractivity contribution in [2.45, 2.75) is 26.8 Å². The molecule has 128 valence electrons. The molecule has 2 aromatic rings. The highest BCUT2D eigenvalue weighted by Gasteiger charge is 2.36. The number of hydrogen-bond donors (Lipinski definition) is 2. The molecule has 0 spiro atoms. The molecule has 3 rings (SSSR count). The summed E-state index contributed by atoms with van der Waals surface area (Å²) in [6.07, 6.45) is 0. The van der Waals surface area contributed by atoms with Crippen molar-refractivity contribution in [1.82, 2.24) is 9.88 Å². The standard InChI is InChI=1S/C19H20N4OS/c1-11(2)9-23-12(3)17(24)16(18(23)21)19-22-15(10-25-19)14-6-4-13(8-20)5-7-14/h4-7,10-12,21,24H,9H2,1-3H3/t12-/m0/s1. The zero-order valence-corrected chi connectivity index (χ0v) is 15.3. The summed E-state index contributed by atoms with van der Waals surface area (Å²) in [6, 6.07) is 9.14. The van der Waals surface area contributed by atoms with E-state index in [0.717, 1.165) is 17.8 Å². The minimum absolute atomic E-state index is 0.202. The van der Waals surface area contributed by atoms with Crippen molar-refractivity contribution in [3.8, 4) is 17.3 Å². The van der Waals surface area contributed by atoms with Crippen molar-refractivity contribution in [1.29, 1.82) is 10.7 Å². The van der Waals surface area contributed by atoms with Crippen LogP contribution in [0.15, 0.2) is 35.4 Å². The maximum absolute atomic E-state index is 10.5. The molecule has 2 heterocycles. The fourth-order valence-electron chi connectivity index (χ4n) is 2.91. The lowest BCUT2D eigenvalue weighted by atomic mass is 10.1. The Morgan fingerprint density at radius 1 is 1.36 bits per heavy atom. The van der Waals surface area contributed by atoms with E-state index in [1.54, 1.807) is 12.1 Å². The van der Waals surface area contributed by atoms with Crippen molar-refractivity contribution >= 4 is 22.7 Å². The van der Waals surface area contributed by atoms with Crippen LogP contribution in [0.2, 0.25) is 0 Å². The van der Waals surface area contributed by atoms with Gasteiger partial charge in [0.05, 0.1) is 28.9 Å². The second-order valence-electron chi connectivity index (χ2n) is 6.56. The van der Waals surface area contributed by atoms with Gasteiger partial charge in [0.2, 0.25) is 0 Å². The molecule has 0 saturated carbocycles. The number of nitrogens with one attached hydrogen (secondary N) is 1. The van der Waals surface area contributed by atoms with Gasteiger partial charge in [-0.15, -0.1) is 11.3 Å². The van der Waals surface area contributed by atoms with Gasteiger partial charge in [-0.2, -0.15) is 5.26 Å². The van der Waals surface area contributed by atoms with Crippen LogP contribution in [-0.4, -0.2) is 33.4 Å². The highest BCUT2D eigenvalue weighted by atomic mass is 32.1. The summed E-state index contributed by atoms with van der Waals surface area (Å²) in [4.78, 5) is 6.53. The molecule has 0 radical (unpaired) electrons. The first-order chi connectivity index (χ1) is 11.9. The van der Waals surface area contributed by atoms with Gasteiger partial charge in [0.1, 0.15) is 16.6 Å². The zero-order chi connectivity index (χ0) is 18.1. The van der Waals surface area contributed by atoms with Crippen LogP contribution in [0.5, 0.6) is 0 Å². The van der Waals surface area contributed by atoms with E-state index in [0.29, 0.717) is 27.9 Å². The minimum Gasteiger partial charge on any atom is -0.509 e. The Kier molecular flexibility index (Phi) is 4.60. The Labute approximate surface area is 151 Å². The summed E-state index contributed by atoms with van der Waals surface area (Å²) in [5.41, 5.74) is 2.83. The van der Waals surface area contributed by atoms with E-state index in [1.807, 2.05) is 29.3 Å². The Hall–Kier alpha value is -2.65. The molecule has 1 aromatic carbocycles. The molecule has 0 unspecified atom stereocenters. The number of thiazole rings is 1. The Balaban J connectivity index is 1.91. The number of aliphatic hydroxyl groups is 1. The zero-order valence-electron chi connectivity index (χ0n) is 14.4. The lowest BCUT2D eigenvalue weighted by molar-refractivity contribution is 0.267. The van der Waals surface area contributed by atoms with Crippen LogP contribution in [0.25, 0.3) is 16.8 Å². The molecule has 1 atom stereocenters. The Bertz CT molecular complexity index is 874. The summed E-state index contributed by atoms with van der Waals surface area (Å²) in [7, 11) is 0. The molecular weight excluding hydrogens is 332 g/mol.